The molecule has 2 aromatic carbocycles. The van der Waals surface area contributed by atoms with E-state index in [2.05, 4.69) is 10.5 Å². The number of carbonyl (C=O) groups is 1. The number of nitrogens with one attached hydrogen (secondary N) is 1. The van der Waals surface area contributed by atoms with Crippen molar-refractivity contribution in [2.24, 2.45) is 5.10 Å². The summed E-state index contributed by atoms with van der Waals surface area (Å²) in [6, 6.07) is 8.38. The van der Waals surface area contributed by atoms with Gasteiger partial charge in [-0.1, -0.05) is 12.1 Å². The lowest BCUT2D eigenvalue weighted by Gasteiger charge is -2.06. The predicted octanol–water partition coefficient (Wildman–Crippen LogP) is 1.71. The van der Waals surface area contributed by atoms with Crippen molar-refractivity contribution in [2.45, 2.75) is 6.42 Å². The second-order valence-corrected chi connectivity index (χ2v) is 4.98. The Balaban J connectivity index is 2.09. The van der Waals surface area contributed by atoms with Gasteiger partial charge in [-0.25, -0.2) is 5.43 Å². The van der Waals surface area contributed by atoms with Gasteiger partial charge in [-0.05, 0) is 17.7 Å². The Morgan fingerprint density at radius 3 is 2.76 bits per heavy atom. The predicted molar refractivity (Wildman–Crippen MR) is 88.9 cm³/mol. The summed E-state index contributed by atoms with van der Waals surface area (Å²) in [5.74, 6) is -0.832. The molecule has 0 aromatic heterocycles. The fraction of sp³-hybridized carbons (Fsp3) is 0.125. The van der Waals surface area contributed by atoms with Gasteiger partial charge in [0.05, 0.1) is 30.7 Å². The number of rotatable bonds is 6. The molecule has 9 heteroatoms. The summed E-state index contributed by atoms with van der Waals surface area (Å²) in [5, 5.41) is 33.8. The lowest BCUT2D eigenvalue weighted by atomic mass is 10.1. The average molecular weight is 345 g/mol. The summed E-state index contributed by atoms with van der Waals surface area (Å²) < 4.78 is 4.87. The molecule has 0 saturated carbocycles. The monoisotopic (exact) mass is 345 g/mol. The second-order valence-electron chi connectivity index (χ2n) is 4.98. The molecule has 0 bridgehead atoms. The smallest absolute Gasteiger partial charge is 0.274 e. The fourth-order valence-electron chi connectivity index (χ4n) is 2.04. The summed E-state index contributed by atoms with van der Waals surface area (Å²) in [4.78, 5) is 22.0. The maximum Gasteiger partial charge on any atom is 0.274 e. The number of non-ortho nitro benzene ring substituents is 1. The largest absolute Gasteiger partial charge is 0.508 e. The number of hydrogen-bond donors (Lipinski definition) is 3. The van der Waals surface area contributed by atoms with Crippen LogP contribution in [0.15, 0.2) is 41.5 Å². The molecule has 0 atom stereocenters. The first-order valence-corrected chi connectivity index (χ1v) is 7.06. The van der Waals surface area contributed by atoms with E-state index in [1.807, 2.05) is 0 Å². The molecule has 1 amide bonds. The first-order valence-electron chi connectivity index (χ1n) is 7.06. The Morgan fingerprint density at radius 1 is 1.36 bits per heavy atom. The van der Waals surface area contributed by atoms with Gasteiger partial charge in [0.15, 0.2) is 11.5 Å². The van der Waals surface area contributed by atoms with E-state index in [0.29, 0.717) is 5.56 Å². The minimum atomic E-state index is -0.639. The van der Waals surface area contributed by atoms with Crippen molar-refractivity contribution in [1.82, 2.24) is 5.43 Å². The van der Waals surface area contributed by atoms with Gasteiger partial charge in [0.25, 0.3) is 5.69 Å². The number of nitro groups is 1. The molecule has 130 valence electrons. The Bertz CT molecular complexity index is 835. The van der Waals surface area contributed by atoms with Gasteiger partial charge < -0.3 is 14.9 Å². The maximum atomic E-state index is 11.8. The zero-order valence-electron chi connectivity index (χ0n) is 13.2. The number of phenolic OH excluding ortho intramolecular Hbond substituents is 2. The molecule has 3 N–H and O–H groups in total. The summed E-state index contributed by atoms with van der Waals surface area (Å²) >= 11 is 0. The van der Waals surface area contributed by atoms with Gasteiger partial charge in [0.2, 0.25) is 5.91 Å². The first kappa shape index (κ1) is 17.7. The normalized spacial score (nSPS) is 10.6. The highest BCUT2D eigenvalue weighted by molar-refractivity contribution is 5.87. The number of ether oxygens (including phenoxy) is 1. The van der Waals surface area contributed by atoms with Crippen LogP contribution in [0.25, 0.3) is 0 Å². The molecule has 0 unspecified atom stereocenters. The van der Waals surface area contributed by atoms with Crippen molar-refractivity contribution >= 4 is 17.8 Å². The number of hydrazone groups is 1. The lowest BCUT2D eigenvalue weighted by Crippen LogP contribution is -2.19. The number of nitro benzene ring substituents is 1. The second kappa shape index (κ2) is 7.77. The molecule has 0 heterocycles. The third-order valence-electron chi connectivity index (χ3n) is 3.19. The first-order chi connectivity index (χ1) is 11.9. The van der Waals surface area contributed by atoms with E-state index < -0.39 is 10.8 Å². The van der Waals surface area contributed by atoms with Crippen LogP contribution < -0.4 is 10.2 Å². The van der Waals surface area contributed by atoms with Crippen molar-refractivity contribution in [3.05, 3.63) is 57.6 Å². The van der Waals surface area contributed by atoms with E-state index in [0.717, 1.165) is 18.3 Å². The van der Waals surface area contributed by atoms with Crippen LogP contribution in [0.2, 0.25) is 0 Å². The van der Waals surface area contributed by atoms with Crippen molar-refractivity contribution in [3.8, 4) is 17.2 Å². The standard InChI is InChI=1S/C16H15N3O6/c1-25-14-8-12(19(23)24)7-11(16(14)22)9-17-18-15(21)6-10-3-2-4-13(20)5-10/h2-5,7-9,20,22H,6H2,1H3,(H,18,21). The molecular formula is C16H15N3O6. The van der Waals surface area contributed by atoms with Crippen LogP contribution in [-0.4, -0.2) is 34.4 Å². The number of aromatic hydroxyl groups is 2. The average Bonchev–Trinajstić information content (AvgIpc) is 2.56. The van der Waals surface area contributed by atoms with Crippen molar-refractivity contribution < 1.29 is 24.7 Å². The van der Waals surface area contributed by atoms with E-state index in [1.54, 1.807) is 12.1 Å². The minimum Gasteiger partial charge on any atom is -0.508 e. The van der Waals surface area contributed by atoms with Crippen molar-refractivity contribution in [3.63, 3.8) is 0 Å². The van der Waals surface area contributed by atoms with E-state index in [-0.39, 0.29) is 34.9 Å². The number of carbonyl (C=O) groups excluding carboxylic acids is 1. The van der Waals surface area contributed by atoms with Crippen molar-refractivity contribution in [1.29, 1.82) is 0 Å². The molecule has 25 heavy (non-hydrogen) atoms. The van der Waals surface area contributed by atoms with Crippen LogP contribution in [0.3, 0.4) is 0 Å². The van der Waals surface area contributed by atoms with Gasteiger partial charge in [0.1, 0.15) is 5.75 Å². The van der Waals surface area contributed by atoms with Gasteiger partial charge in [-0.3, -0.25) is 14.9 Å². The van der Waals surface area contributed by atoms with Crippen LogP contribution in [0.1, 0.15) is 11.1 Å². The summed E-state index contributed by atoms with van der Waals surface area (Å²) in [7, 11) is 1.26. The minimum absolute atomic E-state index is 0.0173. The number of benzene rings is 2. The van der Waals surface area contributed by atoms with E-state index in [4.69, 9.17) is 4.74 Å². The van der Waals surface area contributed by atoms with Gasteiger partial charge in [-0.15, -0.1) is 0 Å². The number of methoxy groups -OCH3 is 1. The van der Waals surface area contributed by atoms with Crippen molar-refractivity contribution in [2.75, 3.05) is 7.11 Å². The Kier molecular flexibility index (Phi) is 5.51. The molecule has 0 saturated heterocycles. The zero-order chi connectivity index (χ0) is 18.4. The van der Waals surface area contributed by atoms with E-state index in [9.17, 15) is 25.1 Å². The number of nitrogens with zero attached hydrogens (tertiary/aromatic N) is 2. The Hall–Kier alpha value is -3.62. The quantitative estimate of drug-likeness (QED) is 0.414. The van der Waals surface area contributed by atoms with Gasteiger partial charge >= 0.3 is 0 Å². The molecule has 0 aliphatic rings. The molecule has 0 spiro atoms. The highest BCUT2D eigenvalue weighted by Crippen LogP contribution is 2.33. The third kappa shape index (κ3) is 4.67. The molecular weight excluding hydrogens is 330 g/mol. The highest BCUT2D eigenvalue weighted by Gasteiger charge is 2.15. The summed E-state index contributed by atoms with van der Waals surface area (Å²) in [6.07, 6.45) is 1.06. The molecule has 2 rings (SSSR count). The van der Waals surface area contributed by atoms with Crippen LogP contribution >= 0.6 is 0 Å². The van der Waals surface area contributed by atoms with Gasteiger partial charge in [0, 0.05) is 11.6 Å². The maximum absolute atomic E-state index is 11.8. The lowest BCUT2D eigenvalue weighted by molar-refractivity contribution is -0.385. The van der Waals surface area contributed by atoms with E-state index >= 15 is 0 Å². The number of amides is 1. The highest BCUT2D eigenvalue weighted by atomic mass is 16.6. The van der Waals surface area contributed by atoms with Crippen LogP contribution in [0.4, 0.5) is 5.69 Å². The van der Waals surface area contributed by atoms with Gasteiger partial charge in [-0.2, -0.15) is 5.10 Å². The Labute approximate surface area is 142 Å². The fourth-order valence-corrected chi connectivity index (χ4v) is 2.04. The molecule has 0 radical (unpaired) electrons. The zero-order valence-corrected chi connectivity index (χ0v) is 13.2. The van der Waals surface area contributed by atoms with Crippen LogP contribution in [0, 0.1) is 10.1 Å². The van der Waals surface area contributed by atoms with E-state index in [1.165, 1.54) is 19.2 Å². The number of hydrogen-bond acceptors (Lipinski definition) is 7. The summed E-state index contributed by atoms with van der Waals surface area (Å²) in [5.41, 5.74) is 2.56. The molecule has 0 aliphatic heterocycles. The third-order valence-corrected chi connectivity index (χ3v) is 3.19. The summed E-state index contributed by atoms with van der Waals surface area (Å²) in [6.45, 7) is 0. The topological polar surface area (TPSA) is 134 Å². The number of phenols is 2. The van der Waals surface area contributed by atoms with Crippen LogP contribution in [0.5, 0.6) is 17.2 Å². The molecule has 0 aliphatic carbocycles. The Morgan fingerprint density at radius 2 is 2.12 bits per heavy atom. The van der Waals surface area contributed by atoms with Crippen LogP contribution in [-0.2, 0) is 11.2 Å². The molecule has 2 aromatic rings. The SMILES string of the molecule is COc1cc([N+](=O)[O-])cc(C=NNC(=O)Cc2cccc(O)c2)c1O. The molecule has 0 fully saturated rings. The molecule has 9 nitrogen and oxygen atoms in total.